The Morgan fingerprint density at radius 2 is 2.06 bits per heavy atom. The zero-order valence-corrected chi connectivity index (χ0v) is 19.4. The third-order valence-corrected chi connectivity index (χ3v) is 8.28. The van der Waals surface area contributed by atoms with E-state index in [0.29, 0.717) is 34.1 Å². The van der Waals surface area contributed by atoms with Crippen LogP contribution in [0.2, 0.25) is 0 Å². The van der Waals surface area contributed by atoms with E-state index in [9.17, 15) is 18.3 Å². The van der Waals surface area contributed by atoms with Gasteiger partial charge in [0.05, 0.1) is 17.0 Å². The number of hydrogen-bond donors (Lipinski definition) is 3. The average molecular weight is 472 g/mol. The van der Waals surface area contributed by atoms with Gasteiger partial charge < -0.3 is 15.0 Å². The number of amides is 1. The summed E-state index contributed by atoms with van der Waals surface area (Å²) < 4.78 is 39.6. The van der Waals surface area contributed by atoms with Gasteiger partial charge in [-0.3, -0.25) is 13.9 Å². The summed E-state index contributed by atoms with van der Waals surface area (Å²) in [5.74, 6) is 1.25. The van der Waals surface area contributed by atoms with Crippen LogP contribution in [0.25, 0.3) is 11.1 Å². The van der Waals surface area contributed by atoms with Gasteiger partial charge in [-0.25, -0.2) is 9.37 Å². The molecule has 33 heavy (non-hydrogen) atoms. The van der Waals surface area contributed by atoms with Crippen molar-refractivity contribution in [2.45, 2.75) is 31.9 Å². The number of ether oxygens (including phenoxy) is 1. The minimum atomic E-state index is -2.48. The molecular formula is C24H26FN3O4S. The van der Waals surface area contributed by atoms with Gasteiger partial charge in [-0.2, -0.15) is 10.6 Å². The van der Waals surface area contributed by atoms with E-state index in [1.807, 2.05) is 44.0 Å². The molecule has 1 unspecified atom stereocenters. The molecule has 0 radical (unpaired) electrons. The quantitative estimate of drug-likeness (QED) is 0.560. The Morgan fingerprint density at radius 3 is 2.73 bits per heavy atom. The molecule has 1 saturated heterocycles. The van der Waals surface area contributed by atoms with Crippen molar-refractivity contribution in [1.29, 1.82) is 0 Å². The lowest BCUT2D eigenvalue weighted by Gasteiger charge is -2.30. The minimum Gasteiger partial charge on any atom is -0.482 e. The van der Waals surface area contributed by atoms with Crippen molar-refractivity contribution in [3.05, 3.63) is 65.3 Å². The van der Waals surface area contributed by atoms with E-state index in [0.717, 1.165) is 23.4 Å². The Labute approximate surface area is 193 Å². The van der Waals surface area contributed by atoms with Gasteiger partial charge in [0, 0.05) is 41.7 Å². The predicted molar refractivity (Wildman–Crippen MR) is 129 cm³/mol. The van der Waals surface area contributed by atoms with Crippen LogP contribution in [0, 0.1) is 5.82 Å². The van der Waals surface area contributed by atoms with Crippen LogP contribution in [-0.2, 0) is 9.53 Å². The first kappa shape index (κ1) is 21.9. The Kier molecular flexibility index (Phi) is 5.04. The first-order valence-electron chi connectivity index (χ1n) is 10.7. The van der Waals surface area contributed by atoms with Gasteiger partial charge in [0.15, 0.2) is 0 Å². The summed E-state index contributed by atoms with van der Waals surface area (Å²) >= 11 is 0. The minimum absolute atomic E-state index is 0.0425. The number of pyridine rings is 1. The van der Waals surface area contributed by atoms with Gasteiger partial charge in [0.2, 0.25) is 0 Å². The van der Waals surface area contributed by atoms with Crippen LogP contribution in [0.15, 0.2) is 48.4 Å². The highest BCUT2D eigenvalue weighted by atomic mass is 32.3. The number of halogens is 1. The molecule has 174 valence electrons. The van der Waals surface area contributed by atoms with Crippen LogP contribution in [0.5, 0.6) is 0 Å². The molecule has 2 aromatic rings. The SMILES string of the molecule is CN(c1ccc(C2=CC(=C3C(=O)Nc4cc(F)ccc43)OC2(C)C)cn1)C1CCS(O)(O)C1. The molecule has 0 aliphatic carbocycles. The molecule has 0 spiro atoms. The van der Waals surface area contributed by atoms with Crippen LogP contribution in [-0.4, -0.2) is 50.2 Å². The molecule has 3 aliphatic rings. The summed E-state index contributed by atoms with van der Waals surface area (Å²) in [6, 6.07) is 8.11. The molecular weight excluding hydrogens is 445 g/mol. The second kappa shape index (κ2) is 7.58. The molecule has 7 nitrogen and oxygen atoms in total. The van der Waals surface area contributed by atoms with E-state index in [-0.39, 0.29) is 11.9 Å². The number of aromatic nitrogens is 1. The fourth-order valence-electron chi connectivity index (χ4n) is 4.65. The number of carbonyl (C=O) groups is 1. The van der Waals surface area contributed by atoms with Crippen LogP contribution in [0.3, 0.4) is 0 Å². The Morgan fingerprint density at radius 1 is 1.27 bits per heavy atom. The maximum absolute atomic E-state index is 13.6. The fraction of sp³-hybridized carbons (Fsp3) is 0.333. The number of nitrogens with zero attached hydrogens (tertiary/aromatic N) is 2. The van der Waals surface area contributed by atoms with Crippen molar-refractivity contribution in [2.75, 3.05) is 28.8 Å². The molecule has 1 aromatic heterocycles. The van der Waals surface area contributed by atoms with Gasteiger partial charge in [-0.05, 0) is 56.7 Å². The number of fused-ring (bicyclic) bond motifs is 1. The summed E-state index contributed by atoms with van der Waals surface area (Å²) in [6.07, 6.45) is 4.33. The first-order chi connectivity index (χ1) is 15.5. The second-order valence-electron chi connectivity index (χ2n) is 9.19. The van der Waals surface area contributed by atoms with Crippen molar-refractivity contribution < 1.29 is 23.0 Å². The summed E-state index contributed by atoms with van der Waals surface area (Å²) in [6.45, 7) is 3.85. The van der Waals surface area contributed by atoms with Gasteiger partial charge in [-0.1, -0.05) is 0 Å². The molecule has 3 aliphatic heterocycles. The van der Waals surface area contributed by atoms with Crippen molar-refractivity contribution in [3.63, 3.8) is 0 Å². The van der Waals surface area contributed by atoms with Crippen molar-refractivity contribution in [2.24, 2.45) is 0 Å². The van der Waals surface area contributed by atoms with E-state index in [1.54, 1.807) is 12.3 Å². The molecule has 5 rings (SSSR count). The van der Waals surface area contributed by atoms with Gasteiger partial charge >= 0.3 is 0 Å². The Hall–Kier alpha value is -2.88. The number of rotatable bonds is 3. The highest BCUT2D eigenvalue weighted by Gasteiger charge is 2.38. The number of benzene rings is 1. The van der Waals surface area contributed by atoms with E-state index < -0.39 is 22.0 Å². The smallest absolute Gasteiger partial charge is 0.260 e. The standard InChI is InChI=1S/C24H26FN3O4S/c1-24(2)18(11-20(32-24)22-17-6-5-15(25)10-19(17)27-23(22)29)14-4-7-21(26-12-14)28(3)16-8-9-33(30,31)13-16/h4-7,10-12,16,30-31H,8-9,13H2,1-3H3,(H,27,29). The zero-order valence-electron chi connectivity index (χ0n) is 18.6. The lowest BCUT2D eigenvalue weighted by atomic mass is 9.93. The normalized spacial score (nSPS) is 25.8. The fourth-order valence-corrected chi connectivity index (χ4v) is 6.48. The maximum Gasteiger partial charge on any atom is 0.260 e. The van der Waals surface area contributed by atoms with Crippen molar-refractivity contribution >= 4 is 39.1 Å². The summed E-state index contributed by atoms with van der Waals surface area (Å²) in [7, 11) is -0.568. The van der Waals surface area contributed by atoms with Gasteiger partial charge in [0.25, 0.3) is 5.91 Å². The summed E-state index contributed by atoms with van der Waals surface area (Å²) in [4.78, 5) is 19.2. The lowest BCUT2D eigenvalue weighted by Crippen LogP contribution is -2.32. The molecule has 3 N–H and O–H groups in total. The highest BCUT2D eigenvalue weighted by molar-refractivity contribution is 8.24. The molecule has 1 aromatic carbocycles. The van der Waals surface area contributed by atoms with Crippen LogP contribution in [0.4, 0.5) is 15.9 Å². The van der Waals surface area contributed by atoms with Crippen molar-refractivity contribution in [1.82, 2.24) is 4.98 Å². The molecule has 1 amide bonds. The predicted octanol–water partition coefficient (Wildman–Crippen LogP) is 4.74. The van der Waals surface area contributed by atoms with Gasteiger partial charge in [-0.15, -0.1) is 0 Å². The monoisotopic (exact) mass is 471 g/mol. The summed E-state index contributed by atoms with van der Waals surface area (Å²) in [5.41, 5.74) is 2.48. The van der Waals surface area contributed by atoms with Crippen molar-refractivity contribution in [3.8, 4) is 0 Å². The van der Waals surface area contributed by atoms with Crippen LogP contribution in [0.1, 0.15) is 31.4 Å². The number of carbonyl (C=O) groups excluding carboxylic acids is 1. The maximum atomic E-state index is 13.6. The molecule has 9 heteroatoms. The number of anilines is 2. The number of hydrogen-bond acceptors (Lipinski definition) is 6. The molecule has 1 atom stereocenters. The Bertz CT molecular complexity index is 1210. The largest absolute Gasteiger partial charge is 0.482 e. The zero-order chi connectivity index (χ0) is 23.5. The van der Waals surface area contributed by atoms with E-state index in [4.69, 9.17) is 4.74 Å². The lowest BCUT2D eigenvalue weighted by molar-refractivity contribution is -0.111. The van der Waals surface area contributed by atoms with Crippen LogP contribution >= 0.6 is 10.6 Å². The van der Waals surface area contributed by atoms with E-state index in [2.05, 4.69) is 10.3 Å². The molecule has 4 heterocycles. The molecule has 0 bridgehead atoms. The third-order valence-electron chi connectivity index (χ3n) is 6.47. The number of allylic oxidation sites excluding steroid dienone is 1. The summed E-state index contributed by atoms with van der Waals surface area (Å²) in [5, 5.41) is 2.70. The topological polar surface area (TPSA) is 94.9 Å². The Balaban J connectivity index is 1.45. The van der Waals surface area contributed by atoms with Crippen LogP contribution < -0.4 is 10.2 Å². The van der Waals surface area contributed by atoms with E-state index in [1.165, 1.54) is 12.1 Å². The number of nitrogens with one attached hydrogen (secondary N) is 1. The average Bonchev–Trinajstić information content (AvgIpc) is 3.38. The highest BCUT2D eigenvalue weighted by Crippen LogP contribution is 2.48. The third kappa shape index (κ3) is 3.90. The first-order valence-corrected chi connectivity index (χ1v) is 12.6. The second-order valence-corrected chi connectivity index (χ2v) is 11.5. The molecule has 0 saturated carbocycles. The molecule has 1 fully saturated rings. The van der Waals surface area contributed by atoms with Gasteiger partial charge in [0.1, 0.15) is 23.0 Å². The van der Waals surface area contributed by atoms with E-state index >= 15 is 0 Å².